The highest BCUT2D eigenvalue weighted by molar-refractivity contribution is 14.1. The van der Waals surface area contributed by atoms with Gasteiger partial charge in [-0.1, -0.05) is 0 Å². The second kappa shape index (κ2) is 6.14. The van der Waals surface area contributed by atoms with E-state index in [1.807, 2.05) is 32.0 Å². The van der Waals surface area contributed by atoms with Crippen LogP contribution in [0.1, 0.15) is 13.8 Å². The maximum Gasteiger partial charge on any atom is 0.159 e. The first-order valence-corrected chi connectivity index (χ1v) is 7.14. The van der Waals surface area contributed by atoms with Crippen molar-refractivity contribution in [1.29, 1.82) is 0 Å². The molecule has 2 aromatic rings. The van der Waals surface area contributed by atoms with E-state index >= 15 is 0 Å². The number of nitrogens with one attached hydrogen (secondary N) is 1. The Labute approximate surface area is 125 Å². The molecule has 1 aromatic carbocycles. The van der Waals surface area contributed by atoms with E-state index in [-0.39, 0.29) is 0 Å². The second-order valence-corrected chi connectivity index (χ2v) is 4.90. The zero-order valence-electron chi connectivity index (χ0n) is 10.9. The molecule has 2 rings (SSSR count). The van der Waals surface area contributed by atoms with E-state index in [4.69, 9.17) is 15.2 Å². The Kier molecular flexibility index (Phi) is 4.52. The molecule has 1 heterocycles. The molecule has 0 saturated heterocycles. The molecule has 3 N–H and O–H groups in total. The van der Waals surface area contributed by atoms with Gasteiger partial charge in [0, 0.05) is 5.56 Å². The molecule has 102 valence electrons. The first kappa shape index (κ1) is 14.0. The van der Waals surface area contributed by atoms with Gasteiger partial charge in [0.05, 0.1) is 22.5 Å². The lowest BCUT2D eigenvalue weighted by molar-refractivity contribution is 0.331. The molecule has 0 bridgehead atoms. The summed E-state index contributed by atoms with van der Waals surface area (Å²) in [5.41, 5.74) is 7.53. The minimum absolute atomic E-state index is 0.486. The third-order valence-corrected chi connectivity index (χ3v) is 3.66. The highest BCUT2D eigenvalue weighted by Crippen LogP contribution is 2.36. The molecule has 0 radical (unpaired) electrons. The number of nitrogens with two attached hydrogens (primary N) is 1. The number of rotatable bonds is 5. The quantitative estimate of drug-likeness (QED) is 0.791. The first-order chi connectivity index (χ1) is 9.17. The van der Waals surface area contributed by atoms with Gasteiger partial charge in [0.25, 0.3) is 0 Å². The van der Waals surface area contributed by atoms with Crippen molar-refractivity contribution in [1.82, 2.24) is 10.2 Å². The van der Waals surface area contributed by atoms with Crippen molar-refractivity contribution >= 4 is 28.4 Å². The van der Waals surface area contributed by atoms with Crippen molar-refractivity contribution < 1.29 is 9.47 Å². The van der Waals surface area contributed by atoms with Crippen molar-refractivity contribution in [3.8, 4) is 22.8 Å². The van der Waals surface area contributed by atoms with Gasteiger partial charge < -0.3 is 15.2 Å². The van der Waals surface area contributed by atoms with Gasteiger partial charge in [-0.15, -0.1) is 0 Å². The average Bonchev–Trinajstić information content (AvgIpc) is 2.73. The molecule has 0 amide bonds. The second-order valence-electron chi connectivity index (χ2n) is 3.82. The fourth-order valence-corrected chi connectivity index (χ4v) is 2.29. The minimum Gasteiger partial charge on any atom is -0.494 e. The van der Waals surface area contributed by atoms with E-state index < -0.39 is 0 Å². The summed E-state index contributed by atoms with van der Waals surface area (Å²) in [5.74, 6) is 2.07. The Morgan fingerprint density at radius 1 is 1.26 bits per heavy atom. The summed E-state index contributed by atoms with van der Waals surface area (Å²) in [6.07, 6.45) is 0. The monoisotopic (exact) mass is 373 g/mol. The Hall–Kier alpha value is -1.44. The number of ether oxygens (including phenoxy) is 2. The number of aromatic amines is 1. The molecule has 1 aromatic heterocycles. The van der Waals surface area contributed by atoms with Crippen LogP contribution in [0.3, 0.4) is 0 Å². The molecule has 0 atom stereocenters. The molecule has 0 aliphatic rings. The summed E-state index contributed by atoms with van der Waals surface area (Å²) in [4.78, 5) is 0. The van der Waals surface area contributed by atoms with E-state index in [0.29, 0.717) is 19.0 Å². The Balaban J connectivity index is 2.51. The maximum atomic E-state index is 5.78. The lowest BCUT2D eigenvalue weighted by Crippen LogP contribution is -1.97. The fourth-order valence-electron chi connectivity index (χ4n) is 1.76. The fraction of sp³-hybridized carbons (Fsp3) is 0.308. The molecule has 0 spiro atoms. The number of hydrogen-bond acceptors (Lipinski definition) is 4. The lowest BCUT2D eigenvalue weighted by atomic mass is 10.1. The minimum atomic E-state index is 0.486. The van der Waals surface area contributed by atoms with Gasteiger partial charge in [0.1, 0.15) is 11.5 Å². The van der Waals surface area contributed by atoms with Crippen LogP contribution in [0.5, 0.6) is 11.5 Å². The van der Waals surface area contributed by atoms with Gasteiger partial charge >= 0.3 is 0 Å². The van der Waals surface area contributed by atoms with Gasteiger partial charge in [-0.2, -0.15) is 5.10 Å². The van der Waals surface area contributed by atoms with Crippen molar-refractivity contribution in [2.75, 3.05) is 18.9 Å². The molecule has 19 heavy (non-hydrogen) atoms. The van der Waals surface area contributed by atoms with Crippen LogP contribution in [-0.4, -0.2) is 23.4 Å². The van der Waals surface area contributed by atoms with Gasteiger partial charge in [-0.25, -0.2) is 0 Å². The van der Waals surface area contributed by atoms with Crippen LogP contribution in [0.4, 0.5) is 5.82 Å². The lowest BCUT2D eigenvalue weighted by Gasteiger charge is -2.11. The summed E-state index contributed by atoms with van der Waals surface area (Å²) >= 11 is 2.17. The van der Waals surface area contributed by atoms with E-state index in [1.165, 1.54) is 0 Å². The molecular formula is C13H16IN3O2. The number of benzene rings is 1. The van der Waals surface area contributed by atoms with E-state index in [1.54, 1.807) is 0 Å². The molecule has 0 fully saturated rings. The van der Waals surface area contributed by atoms with Crippen LogP contribution in [-0.2, 0) is 0 Å². The van der Waals surface area contributed by atoms with Gasteiger partial charge in [-0.3, -0.25) is 5.10 Å². The largest absolute Gasteiger partial charge is 0.494 e. The van der Waals surface area contributed by atoms with E-state index in [9.17, 15) is 0 Å². The number of halogens is 1. The SMILES string of the molecule is CCOc1ccc(OCC)c(-c2[nH]nc(N)c2I)c1. The Morgan fingerprint density at radius 2 is 2.00 bits per heavy atom. The van der Waals surface area contributed by atoms with Crippen LogP contribution in [0.2, 0.25) is 0 Å². The maximum absolute atomic E-state index is 5.78. The van der Waals surface area contributed by atoms with Crippen LogP contribution in [0.25, 0.3) is 11.3 Å². The number of nitrogens with zero attached hydrogens (tertiary/aromatic N) is 1. The summed E-state index contributed by atoms with van der Waals surface area (Å²) in [5, 5.41) is 6.96. The number of nitrogen functional groups attached to an aromatic ring is 1. The van der Waals surface area contributed by atoms with Gasteiger partial charge in [-0.05, 0) is 54.6 Å². The van der Waals surface area contributed by atoms with Crippen molar-refractivity contribution in [2.45, 2.75) is 13.8 Å². The molecule has 0 aliphatic heterocycles. The topological polar surface area (TPSA) is 73.2 Å². The molecule has 6 heteroatoms. The number of hydrogen-bond donors (Lipinski definition) is 2. The molecule has 0 unspecified atom stereocenters. The summed E-state index contributed by atoms with van der Waals surface area (Å²) < 4.78 is 12.0. The average molecular weight is 373 g/mol. The van der Waals surface area contributed by atoms with Crippen molar-refractivity contribution in [3.05, 3.63) is 21.8 Å². The zero-order chi connectivity index (χ0) is 13.8. The predicted molar refractivity (Wildman–Crippen MR) is 83.5 cm³/mol. The molecule has 0 aliphatic carbocycles. The van der Waals surface area contributed by atoms with E-state index in [0.717, 1.165) is 26.3 Å². The van der Waals surface area contributed by atoms with Crippen molar-refractivity contribution in [3.63, 3.8) is 0 Å². The van der Waals surface area contributed by atoms with Crippen LogP contribution in [0, 0.1) is 3.57 Å². The number of aromatic nitrogens is 2. The summed E-state index contributed by atoms with van der Waals surface area (Å²) in [6, 6.07) is 5.73. The highest BCUT2D eigenvalue weighted by atomic mass is 127. The molecular weight excluding hydrogens is 357 g/mol. The van der Waals surface area contributed by atoms with Crippen LogP contribution >= 0.6 is 22.6 Å². The molecule has 5 nitrogen and oxygen atoms in total. The van der Waals surface area contributed by atoms with Gasteiger partial charge in [0.15, 0.2) is 5.82 Å². The van der Waals surface area contributed by atoms with Crippen LogP contribution in [0.15, 0.2) is 18.2 Å². The number of H-pyrrole nitrogens is 1. The van der Waals surface area contributed by atoms with Crippen molar-refractivity contribution in [2.24, 2.45) is 0 Å². The summed E-state index contributed by atoms with van der Waals surface area (Å²) in [7, 11) is 0. The third-order valence-electron chi connectivity index (χ3n) is 2.56. The summed E-state index contributed by atoms with van der Waals surface area (Å²) in [6.45, 7) is 5.12. The zero-order valence-corrected chi connectivity index (χ0v) is 13.0. The smallest absolute Gasteiger partial charge is 0.159 e. The van der Waals surface area contributed by atoms with Crippen LogP contribution < -0.4 is 15.2 Å². The third kappa shape index (κ3) is 2.94. The molecule has 0 saturated carbocycles. The van der Waals surface area contributed by atoms with Gasteiger partial charge in [0.2, 0.25) is 0 Å². The first-order valence-electron chi connectivity index (χ1n) is 6.06. The highest BCUT2D eigenvalue weighted by Gasteiger charge is 2.15. The Morgan fingerprint density at radius 3 is 2.58 bits per heavy atom. The Bertz CT molecular complexity index is 569. The predicted octanol–water partition coefficient (Wildman–Crippen LogP) is 3.06. The van der Waals surface area contributed by atoms with E-state index in [2.05, 4.69) is 32.8 Å². The normalized spacial score (nSPS) is 10.5. The standard InChI is InChI=1S/C13H16IN3O2/c1-3-18-8-5-6-10(19-4-2)9(7-8)12-11(14)13(15)17-16-12/h5-7H,3-4H2,1-2H3,(H3,15,16,17). The number of anilines is 1.